The van der Waals surface area contributed by atoms with Crippen LogP contribution in [0.2, 0.25) is 0 Å². The summed E-state index contributed by atoms with van der Waals surface area (Å²) in [4.78, 5) is 14.9. The van der Waals surface area contributed by atoms with Gasteiger partial charge in [-0.25, -0.2) is 0 Å². The van der Waals surface area contributed by atoms with Crippen molar-refractivity contribution in [2.75, 3.05) is 6.61 Å². The number of ether oxygens (including phenoxy) is 1. The molecule has 2 aromatic rings. The summed E-state index contributed by atoms with van der Waals surface area (Å²) in [6, 6.07) is 9.47. The van der Waals surface area contributed by atoms with Crippen LogP contribution in [0.15, 0.2) is 36.5 Å². The van der Waals surface area contributed by atoms with Crippen LogP contribution in [0.3, 0.4) is 0 Å². The summed E-state index contributed by atoms with van der Waals surface area (Å²) in [5.41, 5.74) is 0.874. The summed E-state index contributed by atoms with van der Waals surface area (Å²) in [6.45, 7) is 1.61. The molecule has 76 valence electrons. The topological polar surface area (TPSA) is 39.2 Å². The van der Waals surface area contributed by atoms with Gasteiger partial charge >= 0.3 is 0 Å². The van der Waals surface area contributed by atoms with Crippen LogP contribution in [0.4, 0.5) is 0 Å². The van der Waals surface area contributed by atoms with E-state index in [1.54, 1.807) is 6.20 Å². The third-order valence-electron chi connectivity index (χ3n) is 2.02. The number of carbonyl (C=O) groups is 1. The largest absolute Gasteiger partial charge is 0.486 e. The van der Waals surface area contributed by atoms with E-state index in [1.165, 1.54) is 6.92 Å². The maximum atomic E-state index is 10.7. The van der Waals surface area contributed by atoms with Gasteiger partial charge in [-0.1, -0.05) is 6.07 Å². The lowest BCUT2D eigenvalue weighted by molar-refractivity contribution is -0.118. The number of carbonyl (C=O) groups excluding carboxylic acids is 1. The Kier molecular flexibility index (Phi) is 2.63. The molecule has 0 saturated carbocycles. The fourth-order valence-corrected chi connectivity index (χ4v) is 1.32. The molecule has 15 heavy (non-hydrogen) atoms. The van der Waals surface area contributed by atoms with Crippen molar-refractivity contribution in [3.8, 4) is 5.75 Å². The molecule has 0 aliphatic carbocycles. The highest BCUT2D eigenvalue weighted by Crippen LogP contribution is 2.18. The molecule has 3 heteroatoms. The van der Waals surface area contributed by atoms with E-state index >= 15 is 0 Å². The van der Waals surface area contributed by atoms with Crippen LogP contribution in [0.1, 0.15) is 6.92 Å². The van der Waals surface area contributed by atoms with Crippen LogP contribution in [0.5, 0.6) is 5.75 Å². The van der Waals surface area contributed by atoms with Crippen molar-refractivity contribution >= 4 is 16.7 Å². The minimum atomic E-state index is 0.0103. The van der Waals surface area contributed by atoms with Crippen LogP contribution in [-0.2, 0) is 4.79 Å². The zero-order chi connectivity index (χ0) is 10.7. The average molecular weight is 201 g/mol. The normalized spacial score (nSPS) is 10.2. The quantitative estimate of drug-likeness (QED) is 0.764. The molecular weight excluding hydrogens is 190 g/mol. The first-order valence-corrected chi connectivity index (χ1v) is 4.73. The number of hydrogen-bond donors (Lipinski definition) is 0. The molecule has 0 unspecified atom stereocenters. The van der Waals surface area contributed by atoms with Crippen LogP contribution in [0, 0.1) is 0 Å². The molecule has 2 rings (SSSR count). The molecule has 0 amide bonds. The highest BCUT2D eigenvalue weighted by atomic mass is 16.5. The highest BCUT2D eigenvalue weighted by Gasteiger charge is 1.99. The van der Waals surface area contributed by atoms with E-state index in [4.69, 9.17) is 4.74 Å². The zero-order valence-electron chi connectivity index (χ0n) is 8.43. The molecule has 0 saturated heterocycles. The van der Waals surface area contributed by atoms with Crippen molar-refractivity contribution in [1.29, 1.82) is 0 Å². The van der Waals surface area contributed by atoms with Crippen LogP contribution in [-0.4, -0.2) is 17.4 Å². The second-order valence-electron chi connectivity index (χ2n) is 3.35. The fraction of sp³-hybridized carbons (Fsp3) is 0.167. The van der Waals surface area contributed by atoms with Gasteiger partial charge in [0.1, 0.15) is 12.4 Å². The monoisotopic (exact) mass is 201 g/mol. The predicted octanol–water partition coefficient (Wildman–Crippen LogP) is 2.20. The third-order valence-corrected chi connectivity index (χ3v) is 2.02. The number of aromatic nitrogens is 1. The van der Waals surface area contributed by atoms with Gasteiger partial charge in [-0.2, -0.15) is 0 Å². The Labute approximate surface area is 87.7 Å². The van der Waals surface area contributed by atoms with Crippen molar-refractivity contribution in [1.82, 2.24) is 4.98 Å². The zero-order valence-corrected chi connectivity index (χ0v) is 8.43. The van der Waals surface area contributed by atoms with Gasteiger partial charge in [0, 0.05) is 17.6 Å². The maximum Gasteiger partial charge on any atom is 0.167 e. The van der Waals surface area contributed by atoms with E-state index in [0.717, 1.165) is 10.9 Å². The Morgan fingerprint density at radius 3 is 3.07 bits per heavy atom. The number of benzene rings is 1. The molecule has 1 aromatic heterocycles. The van der Waals surface area contributed by atoms with Gasteiger partial charge in [-0.15, -0.1) is 0 Å². The molecule has 1 heterocycles. The summed E-state index contributed by atoms with van der Waals surface area (Å²) < 4.78 is 5.29. The average Bonchev–Trinajstić information content (AvgIpc) is 2.26. The molecule has 3 nitrogen and oxygen atoms in total. The third kappa shape index (κ3) is 2.31. The van der Waals surface area contributed by atoms with Crippen molar-refractivity contribution in [3.05, 3.63) is 36.5 Å². The Balaban J connectivity index is 2.26. The Hall–Kier alpha value is -1.90. The number of Topliss-reactive ketones (excluding diaryl/α,β-unsaturated/α-hetero) is 1. The lowest BCUT2D eigenvalue weighted by Gasteiger charge is -2.04. The molecule has 0 spiro atoms. The summed E-state index contributed by atoms with van der Waals surface area (Å²) in [7, 11) is 0. The van der Waals surface area contributed by atoms with Gasteiger partial charge in [0.25, 0.3) is 0 Å². The molecular formula is C12H11NO2. The summed E-state index contributed by atoms with van der Waals surface area (Å²) >= 11 is 0. The second-order valence-corrected chi connectivity index (χ2v) is 3.35. The van der Waals surface area contributed by atoms with E-state index < -0.39 is 0 Å². The molecule has 0 bridgehead atoms. The van der Waals surface area contributed by atoms with E-state index in [2.05, 4.69) is 4.98 Å². The van der Waals surface area contributed by atoms with Gasteiger partial charge in [0.05, 0.1) is 5.52 Å². The van der Waals surface area contributed by atoms with Crippen molar-refractivity contribution in [2.24, 2.45) is 0 Å². The van der Waals surface area contributed by atoms with E-state index in [0.29, 0.717) is 5.75 Å². The van der Waals surface area contributed by atoms with Crippen LogP contribution >= 0.6 is 0 Å². The van der Waals surface area contributed by atoms with Gasteiger partial charge in [-0.3, -0.25) is 9.78 Å². The molecule has 0 radical (unpaired) electrons. The fourth-order valence-electron chi connectivity index (χ4n) is 1.32. The number of rotatable bonds is 3. The van der Waals surface area contributed by atoms with Gasteiger partial charge in [0.2, 0.25) is 0 Å². The standard InChI is InChI=1S/C12H11NO2/c1-9(14)8-15-11-5-4-10-3-2-6-13-12(10)7-11/h2-7H,8H2,1H3. The summed E-state index contributed by atoms with van der Waals surface area (Å²) in [5, 5.41) is 1.06. The minimum Gasteiger partial charge on any atom is -0.486 e. The maximum absolute atomic E-state index is 10.7. The summed E-state index contributed by atoms with van der Waals surface area (Å²) in [5.74, 6) is 0.688. The smallest absolute Gasteiger partial charge is 0.167 e. The highest BCUT2D eigenvalue weighted by molar-refractivity contribution is 5.80. The van der Waals surface area contributed by atoms with Gasteiger partial charge < -0.3 is 4.74 Å². The van der Waals surface area contributed by atoms with Crippen LogP contribution < -0.4 is 4.74 Å². The van der Waals surface area contributed by atoms with E-state index in [1.807, 2.05) is 30.3 Å². The van der Waals surface area contributed by atoms with Gasteiger partial charge in [0.15, 0.2) is 5.78 Å². The molecule has 0 fully saturated rings. The molecule has 0 atom stereocenters. The van der Waals surface area contributed by atoms with Gasteiger partial charge in [-0.05, 0) is 25.1 Å². The lowest BCUT2D eigenvalue weighted by atomic mass is 10.2. The number of pyridine rings is 1. The molecule has 0 aliphatic heterocycles. The molecule has 0 aliphatic rings. The summed E-state index contributed by atoms with van der Waals surface area (Å²) in [6.07, 6.45) is 1.73. The Bertz CT molecular complexity index is 494. The molecule has 0 N–H and O–H groups in total. The number of nitrogens with zero attached hydrogens (tertiary/aromatic N) is 1. The number of fused-ring (bicyclic) bond motifs is 1. The first-order chi connectivity index (χ1) is 7.25. The first-order valence-electron chi connectivity index (χ1n) is 4.73. The van der Waals surface area contributed by atoms with Crippen molar-refractivity contribution < 1.29 is 9.53 Å². The first kappa shape index (κ1) is 9.65. The Morgan fingerprint density at radius 1 is 1.40 bits per heavy atom. The lowest BCUT2D eigenvalue weighted by Crippen LogP contribution is -2.06. The second kappa shape index (κ2) is 4.09. The Morgan fingerprint density at radius 2 is 2.27 bits per heavy atom. The van der Waals surface area contributed by atoms with E-state index in [-0.39, 0.29) is 12.4 Å². The predicted molar refractivity (Wildman–Crippen MR) is 57.9 cm³/mol. The van der Waals surface area contributed by atoms with E-state index in [9.17, 15) is 4.79 Å². The number of hydrogen-bond acceptors (Lipinski definition) is 3. The minimum absolute atomic E-state index is 0.0103. The molecule has 1 aromatic carbocycles. The number of ketones is 1. The van der Waals surface area contributed by atoms with Crippen molar-refractivity contribution in [2.45, 2.75) is 6.92 Å². The SMILES string of the molecule is CC(=O)COc1ccc2cccnc2c1. The van der Waals surface area contributed by atoms with Crippen molar-refractivity contribution in [3.63, 3.8) is 0 Å². The van der Waals surface area contributed by atoms with Crippen LogP contribution in [0.25, 0.3) is 10.9 Å².